The maximum absolute atomic E-state index is 13.1. The molecule has 0 saturated heterocycles. The average Bonchev–Trinajstić information content (AvgIpc) is 3.06. The molecule has 0 aromatic heterocycles. The number of hydrogen-bond acceptors (Lipinski definition) is 4. The molecule has 2 aromatic carbocycles. The molecule has 1 fully saturated rings. The van der Waals surface area contributed by atoms with Crippen molar-refractivity contribution in [3.8, 4) is 0 Å². The molecule has 1 aliphatic rings. The molecular weight excluding hydrogens is 435 g/mol. The average molecular weight is 457 g/mol. The Labute approximate surface area is 180 Å². The van der Waals surface area contributed by atoms with E-state index >= 15 is 0 Å². The molecule has 2 aromatic rings. The van der Waals surface area contributed by atoms with Crippen molar-refractivity contribution in [2.24, 2.45) is 5.92 Å². The van der Waals surface area contributed by atoms with Crippen LogP contribution >= 0.6 is 23.2 Å². The predicted octanol–water partition coefficient (Wildman–Crippen LogP) is 4.95. The lowest BCUT2D eigenvalue weighted by Gasteiger charge is -2.31. The summed E-state index contributed by atoms with van der Waals surface area (Å²) in [7, 11) is -3.79. The van der Waals surface area contributed by atoms with Crippen LogP contribution in [0.25, 0.3) is 0 Å². The van der Waals surface area contributed by atoms with E-state index < -0.39 is 38.7 Å². The highest BCUT2D eigenvalue weighted by Gasteiger charge is 2.47. The summed E-state index contributed by atoms with van der Waals surface area (Å²) in [5.74, 6) is -2.00. The highest BCUT2D eigenvalue weighted by Crippen LogP contribution is 2.41. The van der Waals surface area contributed by atoms with Crippen LogP contribution in [0, 0.1) is 5.92 Å². The van der Waals surface area contributed by atoms with E-state index in [9.17, 15) is 18.3 Å². The Morgan fingerprint density at radius 1 is 1.07 bits per heavy atom. The van der Waals surface area contributed by atoms with Gasteiger partial charge in [-0.15, -0.1) is 0 Å². The van der Waals surface area contributed by atoms with Crippen LogP contribution in [0.1, 0.15) is 32.3 Å². The third kappa shape index (κ3) is 4.61. The van der Waals surface area contributed by atoms with Crippen molar-refractivity contribution in [3.63, 3.8) is 0 Å². The van der Waals surface area contributed by atoms with Crippen LogP contribution in [0.15, 0.2) is 53.4 Å². The van der Waals surface area contributed by atoms with Crippen LogP contribution in [0.3, 0.4) is 0 Å². The molecule has 5 nitrogen and oxygen atoms in total. The number of ether oxygens (including phenoxy) is 1. The van der Waals surface area contributed by atoms with Crippen molar-refractivity contribution in [3.05, 3.63) is 64.1 Å². The van der Waals surface area contributed by atoms with Gasteiger partial charge in [0.1, 0.15) is 0 Å². The monoisotopic (exact) mass is 456 g/mol. The Hall–Kier alpha value is -1.60. The fourth-order valence-corrected chi connectivity index (χ4v) is 6.21. The third-order valence-electron chi connectivity index (χ3n) is 5.35. The lowest BCUT2D eigenvalue weighted by atomic mass is 9.96. The van der Waals surface area contributed by atoms with Gasteiger partial charge in [0.25, 0.3) is 0 Å². The lowest BCUT2D eigenvalue weighted by molar-refractivity contribution is -0.152. The summed E-state index contributed by atoms with van der Waals surface area (Å²) in [5, 5.41) is 9.51. The van der Waals surface area contributed by atoms with Crippen LogP contribution in [0.5, 0.6) is 0 Å². The molecule has 29 heavy (non-hydrogen) atoms. The second kappa shape index (κ2) is 8.26. The molecule has 3 atom stereocenters. The number of carboxylic acid groups (broad SMARTS) is 1. The Kier molecular flexibility index (Phi) is 6.30. The van der Waals surface area contributed by atoms with Crippen LogP contribution in [-0.2, 0) is 25.0 Å². The van der Waals surface area contributed by atoms with Gasteiger partial charge >= 0.3 is 5.97 Å². The van der Waals surface area contributed by atoms with Crippen molar-refractivity contribution in [2.45, 2.75) is 48.5 Å². The van der Waals surface area contributed by atoms with Crippen LogP contribution in [-0.4, -0.2) is 30.8 Å². The van der Waals surface area contributed by atoms with E-state index in [0.717, 1.165) is 5.56 Å². The standard InChI is InChI=1S/C21H22Cl2O5S/c1-21(2,13-7-9-14(22)10-8-13)28-18-12-15(11-16(18)20(24)25)29(26,27)19-6-4-3-5-17(19)23/h3-10,15-16,18H,11-12H2,1-2H3,(H,24,25)/t15-,16-,18-/m0/s1. The number of benzene rings is 2. The second-order valence-electron chi connectivity index (χ2n) is 7.69. The molecule has 0 radical (unpaired) electrons. The van der Waals surface area contributed by atoms with E-state index in [1.165, 1.54) is 12.1 Å². The molecule has 1 saturated carbocycles. The highest BCUT2D eigenvalue weighted by molar-refractivity contribution is 7.92. The number of rotatable bonds is 6. The first-order valence-electron chi connectivity index (χ1n) is 9.17. The summed E-state index contributed by atoms with van der Waals surface area (Å²) in [6.45, 7) is 3.65. The molecule has 0 amide bonds. The van der Waals surface area contributed by atoms with E-state index in [1.54, 1.807) is 24.3 Å². The Balaban J connectivity index is 1.87. The molecule has 0 aliphatic heterocycles. The van der Waals surface area contributed by atoms with E-state index in [-0.39, 0.29) is 22.8 Å². The van der Waals surface area contributed by atoms with Gasteiger partial charge in [0.05, 0.1) is 32.8 Å². The summed E-state index contributed by atoms with van der Waals surface area (Å²) >= 11 is 12.0. The zero-order valence-corrected chi connectivity index (χ0v) is 18.3. The van der Waals surface area contributed by atoms with Crippen LogP contribution in [0.2, 0.25) is 10.0 Å². The van der Waals surface area contributed by atoms with Gasteiger partial charge in [-0.3, -0.25) is 4.79 Å². The van der Waals surface area contributed by atoms with Crippen molar-refractivity contribution < 1.29 is 23.1 Å². The topological polar surface area (TPSA) is 80.7 Å². The minimum atomic E-state index is -3.79. The number of sulfone groups is 1. The summed E-state index contributed by atoms with van der Waals surface area (Å²) in [5.41, 5.74) is 0.00915. The smallest absolute Gasteiger partial charge is 0.309 e. The van der Waals surface area contributed by atoms with Crippen molar-refractivity contribution in [2.75, 3.05) is 0 Å². The third-order valence-corrected chi connectivity index (χ3v) is 8.27. The van der Waals surface area contributed by atoms with Gasteiger partial charge < -0.3 is 9.84 Å². The van der Waals surface area contributed by atoms with Crippen LogP contribution in [0.4, 0.5) is 0 Å². The van der Waals surface area contributed by atoms with E-state index in [1.807, 2.05) is 26.0 Å². The quantitative estimate of drug-likeness (QED) is 0.664. The van der Waals surface area contributed by atoms with Gasteiger partial charge in [-0.2, -0.15) is 0 Å². The number of aliphatic carboxylic acids is 1. The van der Waals surface area contributed by atoms with Gasteiger partial charge in [-0.1, -0.05) is 47.5 Å². The van der Waals surface area contributed by atoms with Crippen molar-refractivity contribution in [1.29, 1.82) is 0 Å². The molecule has 8 heteroatoms. The highest BCUT2D eigenvalue weighted by atomic mass is 35.5. The summed E-state index contributed by atoms with van der Waals surface area (Å²) in [4.78, 5) is 11.9. The first-order valence-corrected chi connectivity index (χ1v) is 11.5. The summed E-state index contributed by atoms with van der Waals surface area (Å²) in [6.07, 6.45) is -0.688. The van der Waals surface area contributed by atoms with Gasteiger partial charge in [-0.25, -0.2) is 8.42 Å². The normalized spacial score (nSPS) is 22.6. The Morgan fingerprint density at radius 3 is 2.28 bits per heavy atom. The van der Waals surface area contributed by atoms with E-state index in [2.05, 4.69) is 0 Å². The van der Waals surface area contributed by atoms with Gasteiger partial charge in [0.15, 0.2) is 9.84 Å². The maximum atomic E-state index is 13.1. The molecule has 0 bridgehead atoms. The minimum Gasteiger partial charge on any atom is -0.481 e. The van der Waals surface area contributed by atoms with E-state index in [4.69, 9.17) is 27.9 Å². The molecule has 0 spiro atoms. The molecule has 156 valence electrons. The molecule has 0 unspecified atom stereocenters. The van der Waals surface area contributed by atoms with Gasteiger partial charge in [0.2, 0.25) is 0 Å². The zero-order chi connectivity index (χ0) is 21.4. The van der Waals surface area contributed by atoms with Crippen molar-refractivity contribution >= 4 is 39.0 Å². The first-order chi connectivity index (χ1) is 13.5. The second-order valence-corrected chi connectivity index (χ2v) is 10.7. The van der Waals surface area contributed by atoms with Crippen LogP contribution < -0.4 is 0 Å². The van der Waals surface area contributed by atoms with Gasteiger partial charge in [-0.05, 0) is 56.5 Å². The number of halogens is 2. The molecular formula is C21H22Cl2O5S. The summed E-state index contributed by atoms with van der Waals surface area (Å²) < 4.78 is 32.4. The Morgan fingerprint density at radius 2 is 1.69 bits per heavy atom. The lowest BCUT2D eigenvalue weighted by Crippen LogP contribution is -2.33. The molecule has 0 heterocycles. The fraction of sp³-hybridized carbons (Fsp3) is 0.381. The number of carbonyl (C=O) groups is 1. The SMILES string of the molecule is CC(C)(O[C@H]1C[C@@H](S(=O)(=O)c2ccccc2Cl)C[C@@H]1C(=O)O)c1ccc(Cl)cc1. The number of carboxylic acids is 1. The predicted molar refractivity (Wildman–Crippen MR) is 112 cm³/mol. The van der Waals surface area contributed by atoms with Gasteiger partial charge in [0, 0.05) is 5.02 Å². The first kappa shape index (κ1) is 22.1. The van der Waals surface area contributed by atoms with E-state index in [0.29, 0.717) is 5.02 Å². The van der Waals surface area contributed by atoms with Crippen molar-refractivity contribution in [1.82, 2.24) is 0 Å². The minimum absolute atomic E-state index is 0.0217. The molecule has 3 rings (SSSR count). The fourth-order valence-electron chi connectivity index (χ4n) is 3.75. The number of hydrogen-bond donors (Lipinski definition) is 1. The zero-order valence-electron chi connectivity index (χ0n) is 16.0. The largest absolute Gasteiger partial charge is 0.481 e. The summed E-state index contributed by atoms with van der Waals surface area (Å²) in [6, 6.07) is 13.3. The molecule has 1 N–H and O–H groups in total. The Bertz CT molecular complexity index is 1000. The molecule has 1 aliphatic carbocycles. The maximum Gasteiger partial charge on any atom is 0.309 e.